The molecule has 0 N–H and O–H groups in total. The van der Waals surface area contributed by atoms with Gasteiger partial charge in [0.1, 0.15) is 5.75 Å². The summed E-state index contributed by atoms with van der Waals surface area (Å²) >= 11 is 0.767. The van der Waals surface area contributed by atoms with Gasteiger partial charge in [0.25, 0.3) is 16.8 Å². The summed E-state index contributed by atoms with van der Waals surface area (Å²) in [4.78, 5) is 50.0. The summed E-state index contributed by atoms with van der Waals surface area (Å²) in [7, 11) is 0. The molecule has 9 heteroatoms. The Labute approximate surface area is 215 Å². The van der Waals surface area contributed by atoms with Crippen LogP contribution in [-0.2, 0) is 11.3 Å². The summed E-state index contributed by atoms with van der Waals surface area (Å²) in [5.74, 6) is -0.681. The van der Waals surface area contributed by atoms with Crippen LogP contribution in [0.15, 0.2) is 95.9 Å². The number of nitrogens with zero attached hydrogens (tertiary/aromatic N) is 2. The number of ether oxygens (including phenoxy) is 1. The molecule has 0 unspecified atom stereocenters. The van der Waals surface area contributed by atoms with E-state index in [9.17, 15) is 24.5 Å². The van der Waals surface area contributed by atoms with Crippen molar-refractivity contribution in [1.29, 1.82) is 0 Å². The van der Waals surface area contributed by atoms with Crippen molar-refractivity contribution in [3.63, 3.8) is 0 Å². The van der Waals surface area contributed by atoms with Crippen molar-refractivity contribution in [2.24, 2.45) is 0 Å². The molecule has 1 aliphatic rings. The van der Waals surface area contributed by atoms with Gasteiger partial charge in [0.15, 0.2) is 0 Å². The summed E-state index contributed by atoms with van der Waals surface area (Å²) in [6.45, 7) is -0.192. The standard InChI is InChI=1S/C28H18N2O6S/c31-26-25(37-28(33)29(26)17-20-7-2-4-11-24(20)30(34)35)16-18-12-14-21(15-13-18)36-27(32)23-10-5-8-19-6-1-3-9-22(19)23/h1-16H,17H2/b25-16-. The molecule has 0 aromatic heterocycles. The highest BCUT2D eigenvalue weighted by molar-refractivity contribution is 8.18. The van der Waals surface area contributed by atoms with Crippen molar-refractivity contribution in [3.05, 3.63) is 123 Å². The first-order chi connectivity index (χ1) is 17.9. The van der Waals surface area contributed by atoms with Crippen LogP contribution in [-0.4, -0.2) is 26.9 Å². The van der Waals surface area contributed by atoms with E-state index in [-0.39, 0.29) is 22.7 Å². The zero-order valence-electron chi connectivity index (χ0n) is 19.2. The lowest BCUT2D eigenvalue weighted by molar-refractivity contribution is -0.385. The van der Waals surface area contributed by atoms with Gasteiger partial charge >= 0.3 is 5.97 Å². The monoisotopic (exact) mass is 510 g/mol. The number of hydrogen-bond donors (Lipinski definition) is 0. The van der Waals surface area contributed by atoms with Crippen LogP contribution in [0.1, 0.15) is 21.5 Å². The second-order valence-corrected chi connectivity index (χ2v) is 9.13. The van der Waals surface area contributed by atoms with Crippen LogP contribution in [0.5, 0.6) is 5.75 Å². The molecule has 1 fully saturated rings. The number of esters is 1. The third-order valence-corrected chi connectivity index (χ3v) is 6.70. The number of thioether (sulfide) groups is 1. The fraction of sp³-hybridized carbons (Fsp3) is 0.0357. The van der Waals surface area contributed by atoms with E-state index in [0.717, 1.165) is 27.4 Å². The molecule has 37 heavy (non-hydrogen) atoms. The van der Waals surface area contributed by atoms with E-state index < -0.39 is 22.0 Å². The van der Waals surface area contributed by atoms with E-state index in [2.05, 4.69) is 0 Å². The third-order valence-electron chi connectivity index (χ3n) is 5.79. The predicted octanol–water partition coefficient (Wildman–Crippen LogP) is 6.20. The van der Waals surface area contributed by atoms with Crippen molar-refractivity contribution in [2.75, 3.05) is 0 Å². The van der Waals surface area contributed by atoms with Crippen molar-refractivity contribution in [2.45, 2.75) is 6.54 Å². The Morgan fingerprint density at radius 2 is 1.62 bits per heavy atom. The summed E-state index contributed by atoms with van der Waals surface area (Å²) in [6, 6.07) is 25.5. The molecule has 0 bridgehead atoms. The zero-order chi connectivity index (χ0) is 25.9. The SMILES string of the molecule is O=C(Oc1ccc(/C=C2\SC(=O)N(Cc3ccccc3[N+](=O)[O-])C2=O)cc1)c1cccc2ccccc12. The van der Waals surface area contributed by atoms with Gasteiger partial charge in [-0.05, 0) is 52.4 Å². The predicted molar refractivity (Wildman–Crippen MR) is 140 cm³/mol. The summed E-state index contributed by atoms with van der Waals surface area (Å²) in [5.41, 5.74) is 1.20. The number of hydrogen-bond acceptors (Lipinski definition) is 7. The minimum Gasteiger partial charge on any atom is -0.423 e. The quantitative estimate of drug-likeness (QED) is 0.0999. The number of para-hydroxylation sites is 1. The van der Waals surface area contributed by atoms with Crippen LogP contribution in [0.3, 0.4) is 0 Å². The highest BCUT2D eigenvalue weighted by atomic mass is 32.2. The highest BCUT2D eigenvalue weighted by Gasteiger charge is 2.36. The van der Waals surface area contributed by atoms with Gasteiger partial charge in [-0.25, -0.2) is 4.79 Å². The Bertz CT molecular complexity index is 1590. The van der Waals surface area contributed by atoms with Crippen molar-refractivity contribution < 1.29 is 24.0 Å². The molecule has 1 heterocycles. The third kappa shape index (κ3) is 4.98. The number of nitro groups is 1. The van der Waals surface area contributed by atoms with Crippen LogP contribution < -0.4 is 4.74 Å². The Morgan fingerprint density at radius 1 is 0.919 bits per heavy atom. The minimum atomic E-state index is -0.543. The Morgan fingerprint density at radius 3 is 2.41 bits per heavy atom. The van der Waals surface area contributed by atoms with Crippen LogP contribution in [0, 0.1) is 10.1 Å². The lowest BCUT2D eigenvalue weighted by atomic mass is 10.0. The largest absolute Gasteiger partial charge is 0.423 e. The van der Waals surface area contributed by atoms with Crippen molar-refractivity contribution >= 4 is 51.4 Å². The average molecular weight is 511 g/mol. The van der Waals surface area contributed by atoms with Gasteiger partial charge in [0.05, 0.1) is 21.9 Å². The van der Waals surface area contributed by atoms with Gasteiger partial charge in [-0.2, -0.15) is 0 Å². The lowest BCUT2D eigenvalue weighted by Crippen LogP contribution is -2.27. The smallest absolute Gasteiger partial charge is 0.344 e. The number of carbonyl (C=O) groups is 3. The molecule has 4 aromatic rings. The first kappa shape index (κ1) is 24.0. The maximum Gasteiger partial charge on any atom is 0.344 e. The topological polar surface area (TPSA) is 107 Å². The number of rotatable bonds is 6. The first-order valence-electron chi connectivity index (χ1n) is 11.2. The van der Waals surface area contributed by atoms with E-state index >= 15 is 0 Å². The van der Waals surface area contributed by atoms with Crippen LogP contribution in [0.2, 0.25) is 0 Å². The van der Waals surface area contributed by atoms with E-state index in [1.54, 1.807) is 48.5 Å². The summed E-state index contributed by atoms with van der Waals surface area (Å²) in [5, 5.41) is 12.5. The molecule has 2 amide bonds. The Hall–Kier alpha value is -4.76. The van der Waals surface area contributed by atoms with E-state index in [1.165, 1.54) is 18.2 Å². The van der Waals surface area contributed by atoms with Crippen LogP contribution in [0.4, 0.5) is 10.5 Å². The number of nitro benzene ring substituents is 1. The maximum absolute atomic E-state index is 12.9. The molecule has 1 saturated heterocycles. The van der Waals surface area contributed by atoms with Gasteiger partial charge in [0, 0.05) is 11.6 Å². The van der Waals surface area contributed by atoms with Crippen LogP contribution >= 0.6 is 11.8 Å². The average Bonchev–Trinajstić information content (AvgIpc) is 3.16. The second-order valence-electron chi connectivity index (χ2n) is 8.14. The van der Waals surface area contributed by atoms with Crippen molar-refractivity contribution in [1.82, 2.24) is 4.90 Å². The molecule has 0 spiro atoms. The first-order valence-corrected chi connectivity index (χ1v) is 12.0. The molecule has 0 radical (unpaired) electrons. The molecule has 0 saturated carbocycles. The number of amides is 2. The van der Waals surface area contributed by atoms with Gasteiger partial charge in [-0.1, -0.05) is 66.7 Å². The second kappa shape index (κ2) is 10.1. The van der Waals surface area contributed by atoms with Crippen molar-refractivity contribution in [3.8, 4) is 5.75 Å². The summed E-state index contributed by atoms with van der Waals surface area (Å²) < 4.78 is 5.54. The Balaban J connectivity index is 1.30. The number of carbonyl (C=O) groups excluding carboxylic acids is 3. The van der Waals surface area contributed by atoms with E-state index in [1.807, 2.05) is 30.3 Å². The van der Waals surface area contributed by atoms with Gasteiger partial charge in [-0.15, -0.1) is 0 Å². The number of imide groups is 1. The zero-order valence-corrected chi connectivity index (χ0v) is 20.0. The van der Waals surface area contributed by atoms with E-state index in [0.29, 0.717) is 16.9 Å². The summed E-state index contributed by atoms with van der Waals surface area (Å²) in [6.07, 6.45) is 1.56. The van der Waals surface area contributed by atoms with Gasteiger partial charge < -0.3 is 4.74 Å². The molecule has 8 nitrogen and oxygen atoms in total. The molecule has 0 atom stereocenters. The van der Waals surface area contributed by atoms with E-state index in [4.69, 9.17) is 4.74 Å². The normalized spacial score (nSPS) is 14.4. The number of benzene rings is 4. The molecule has 182 valence electrons. The minimum absolute atomic E-state index is 0.154. The molecular formula is C28H18N2O6S. The Kier molecular flexibility index (Phi) is 6.53. The molecule has 0 aliphatic carbocycles. The molecule has 4 aromatic carbocycles. The fourth-order valence-corrected chi connectivity index (χ4v) is 4.82. The lowest BCUT2D eigenvalue weighted by Gasteiger charge is -2.12. The fourth-order valence-electron chi connectivity index (χ4n) is 3.98. The number of fused-ring (bicyclic) bond motifs is 1. The molecular weight excluding hydrogens is 492 g/mol. The highest BCUT2D eigenvalue weighted by Crippen LogP contribution is 2.34. The maximum atomic E-state index is 12.9. The van der Waals surface area contributed by atoms with Crippen LogP contribution in [0.25, 0.3) is 16.8 Å². The molecule has 5 rings (SSSR count). The van der Waals surface area contributed by atoms with Gasteiger partial charge in [0.2, 0.25) is 0 Å². The molecule has 1 aliphatic heterocycles. The van der Waals surface area contributed by atoms with Gasteiger partial charge in [-0.3, -0.25) is 24.6 Å².